The van der Waals surface area contributed by atoms with Crippen molar-refractivity contribution in [2.75, 3.05) is 4.72 Å². The van der Waals surface area contributed by atoms with Gasteiger partial charge in [0.05, 0.1) is 11.3 Å². The summed E-state index contributed by atoms with van der Waals surface area (Å²) in [7, 11) is -4.19. The summed E-state index contributed by atoms with van der Waals surface area (Å²) in [5, 5.41) is 8.97. The maximum absolute atomic E-state index is 13.2. The molecule has 0 atom stereocenters. The lowest BCUT2D eigenvalue weighted by atomic mass is 10.2. The van der Waals surface area contributed by atoms with Crippen LogP contribution in [0.5, 0.6) is 0 Å². The summed E-state index contributed by atoms with van der Waals surface area (Å²) < 4.78 is 39.2. The van der Waals surface area contributed by atoms with Crippen LogP contribution in [0.1, 0.15) is 16.1 Å². The molecular weight excluding hydrogens is 323 g/mol. The summed E-state index contributed by atoms with van der Waals surface area (Å²) in [6, 6.07) is 2.61. The number of aromatic amines is 1. The van der Waals surface area contributed by atoms with Gasteiger partial charge in [0.1, 0.15) is 5.82 Å². The minimum absolute atomic E-state index is 0.116. The Bertz CT molecular complexity index is 869. The van der Waals surface area contributed by atoms with Crippen LogP contribution in [0.3, 0.4) is 0 Å². The van der Waals surface area contributed by atoms with Gasteiger partial charge in [-0.2, -0.15) is 0 Å². The van der Waals surface area contributed by atoms with Gasteiger partial charge in [-0.3, -0.25) is 9.52 Å². The highest BCUT2D eigenvalue weighted by Crippen LogP contribution is 2.24. The van der Waals surface area contributed by atoms with E-state index in [1.165, 1.54) is 6.92 Å². The van der Waals surface area contributed by atoms with Crippen LogP contribution in [-0.2, 0) is 10.0 Å². The molecule has 0 amide bonds. The van der Waals surface area contributed by atoms with Crippen molar-refractivity contribution in [2.24, 2.45) is 0 Å². The lowest BCUT2D eigenvalue weighted by molar-refractivity contribution is 0.0698. The largest absolute Gasteiger partial charge is 0.478 e. The van der Waals surface area contributed by atoms with E-state index in [4.69, 9.17) is 5.11 Å². The van der Waals surface area contributed by atoms with E-state index in [-0.39, 0.29) is 9.90 Å². The number of aromatic carboxylic acids is 1. The van der Waals surface area contributed by atoms with Gasteiger partial charge in [-0.1, -0.05) is 11.3 Å². The van der Waals surface area contributed by atoms with Crippen LogP contribution in [0.25, 0.3) is 0 Å². The second kappa shape index (κ2) is 5.30. The number of anilines is 1. The first-order valence-corrected chi connectivity index (χ1v) is 7.76. The van der Waals surface area contributed by atoms with Crippen molar-refractivity contribution < 1.29 is 22.7 Å². The molecule has 0 unspecified atom stereocenters. The van der Waals surface area contributed by atoms with Crippen LogP contribution >= 0.6 is 11.3 Å². The number of benzene rings is 1. The van der Waals surface area contributed by atoms with E-state index >= 15 is 0 Å². The van der Waals surface area contributed by atoms with Gasteiger partial charge in [0.2, 0.25) is 0 Å². The number of aryl methyl sites for hydroxylation is 1. The first kappa shape index (κ1) is 15.2. The molecule has 0 saturated heterocycles. The minimum atomic E-state index is -4.19. The highest BCUT2D eigenvalue weighted by Gasteiger charge is 2.23. The summed E-state index contributed by atoms with van der Waals surface area (Å²) in [6.07, 6.45) is 0. The van der Waals surface area contributed by atoms with Crippen LogP contribution in [0, 0.1) is 12.7 Å². The number of carboxylic acids is 1. The Morgan fingerprint density at radius 2 is 2.10 bits per heavy atom. The number of carboxylic acid groups (broad SMARTS) is 1. The quantitative estimate of drug-likeness (QED) is 0.782. The summed E-state index contributed by atoms with van der Waals surface area (Å²) in [4.78, 5) is 23.9. The predicted octanol–water partition coefficient (Wildman–Crippen LogP) is 1.38. The number of hydrogen-bond acceptors (Lipinski definition) is 5. The Morgan fingerprint density at radius 3 is 2.62 bits per heavy atom. The van der Waals surface area contributed by atoms with Crippen molar-refractivity contribution in [3.63, 3.8) is 0 Å². The summed E-state index contributed by atoms with van der Waals surface area (Å²) in [5.41, 5.74) is -0.700. The molecule has 21 heavy (non-hydrogen) atoms. The Labute approximate surface area is 122 Å². The van der Waals surface area contributed by atoms with Gasteiger partial charge >= 0.3 is 10.8 Å². The van der Waals surface area contributed by atoms with E-state index in [2.05, 4.69) is 4.98 Å². The number of carbonyl (C=O) groups is 1. The Balaban J connectivity index is 2.51. The van der Waals surface area contributed by atoms with Crippen LogP contribution < -0.4 is 9.60 Å². The molecule has 1 heterocycles. The fourth-order valence-electron chi connectivity index (χ4n) is 1.63. The third-order valence-corrected chi connectivity index (χ3v) is 5.45. The predicted molar refractivity (Wildman–Crippen MR) is 73.8 cm³/mol. The molecule has 2 aromatic rings. The smallest absolute Gasteiger partial charge is 0.337 e. The molecule has 0 aliphatic heterocycles. The molecule has 112 valence electrons. The van der Waals surface area contributed by atoms with Crippen molar-refractivity contribution in [2.45, 2.75) is 11.1 Å². The molecule has 0 spiro atoms. The zero-order valence-electron chi connectivity index (χ0n) is 10.5. The number of H-pyrrole nitrogens is 1. The molecule has 1 aromatic heterocycles. The van der Waals surface area contributed by atoms with Gasteiger partial charge < -0.3 is 10.1 Å². The number of aromatic nitrogens is 1. The van der Waals surface area contributed by atoms with E-state index in [0.717, 1.165) is 18.2 Å². The van der Waals surface area contributed by atoms with Crippen LogP contribution in [0.2, 0.25) is 0 Å². The molecule has 1 aromatic carbocycles. The third-order valence-electron chi connectivity index (χ3n) is 2.48. The Hall–Kier alpha value is -2.20. The highest BCUT2D eigenvalue weighted by molar-refractivity contribution is 7.94. The average molecular weight is 332 g/mol. The van der Waals surface area contributed by atoms with Gasteiger partial charge in [-0.25, -0.2) is 17.6 Å². The number of thiazole rings is 1. The number of nitrogens with one attached hydrogen (secondary N) is 2. The average Bonchev–Trinajstić information content (AvgIpc) is 2.68. The lowest BCUT2D eigenvalue weighted by Crippen LogP contribution is -2.15. The minimum Gasteiger partial charge on any atom is -0.478 e. The van der Waals surface area contributed by atoms with Crippen molar-refractivity contribution in [3.8, 4) is 0 Å². The molecule has 0 aliphatic rings. The summed E-state index contributed by atoms with van der Waals surface area (Å²) >= 11 is 0.456. The highest BCUT2D eigenvalue weighted by atomic mass is 32.2. The molecule has 0 bridgehead atoms. The van der Waals surface area contributed by atoms with Gasteiger partial charge in [0.25, 0.3) is 10.0 Å². The van der Waals surface area contributed by atoms with Crippen LogP contribution in [-0.4, -0.2) is 24.5 Å². The lowest BCUT2D eigenvalue weighted by Gasteiger charge is -2.09. The zero-order chi connectivity index (χ0) is 15.8. The van der Waals surface area contributed by atoms with E-state index in [9.17, 15) is 22.4 Å². The fourth-order valence-corrected chi connectivity index (χ4v) is 4.00. The zero-order valence-corrected chi connectivity index (χ0v) is 12.1. The van der Waals surface area contributed by atoms with E-state index < -0.39 is 37.9 Å². The third kappa shape index (κ3) is 3.11. The second-order valence-corrected chi connectivity index (χ2v) is 6.89. The molecule has 0 radical (unpaired) electrons. The first-order chi connectivity index (χ1) is 9.70. The summed E-state index contributed by atoms with van der Waals surface area (Å²) in [5.74, 6) is -2.21. The van der Waals surface area contributed by atoms with E-state index in [1.807, 2.05) is 4.72 Å². The number of halogens is 1. The number of sulfonamides is 1. The molecule has 7 nitrogen and oxygen atoms in total. The molecule has 3 N–H and O–H groups in total. The second-order valence-electron chi connectivity index (χ2n) is 4.03. The molecule has 2 rings (SSSR count). The van der Waals surface area contributed by atoms with Gasteiger partial charge in [0.15, 0.2) is 4.21 Å². The monoisotopic (exact) mass is 332 g/mol. The fraction of sp³-hybridized carbons (Fsp3) is 0.0909. The van der Waals surface area contributed by atoms with Gasteiger partial charge in [-0.05, 0) is 25.1 Å². The molecule has 0 aliphatic carbocycles. The first-order valence-electron chi connectivity index (χ1n) is 5.46. The van der Waals surface area contributed by atoms with Crippen LogP contribution in [0.4, 0.5) is 10.1 Å². The Kier molecular flexibility index (Phi) is 3.83. The maximum atomic E-state index is 13.2. The standard InChI is InChI=1S/C11H9FN2O5S2/c1-5-10(20-11(17)13-5)21(18,19)14-8-4-6(12)2-3-7(8)9(15)16/h2-4,14H,1H3,(H,13,17)(H,15,16). The van der Waals surface area contributed by atoms with E-state index in [0.29, 0.717) is 11.3 Å². The SMILES string of the molecule is Cc1[nH]c(=O)sc1S(=O)(=O)Nc1cc(F)ccc1C(=O)O. The van der Waals surface area contributed by atoms with E-state index in [1.54, 1.807) is 0 Å². The van der Waals surface area contributed by atoms with Crippen molar-refractivity contribution in [1.82, 2.24) is 4.98 Å². The summed E-state index contributed by atoms with van der Waals surface area (Å²) in [6.45, 7) is 1.39. The van der Waals surface area contributed by atoms with Crippen molar-refractivity contribution in [3.05, 3.63) is 44.9 Å². The van der Waals surface area contributed by atoms with Crippen molar-refractivity contribution >= 4 is 33.0 Å². The Morgan fingerprint density at radius 1 is 1.43 bits per heavy atom. The molecule has 0 saturated carbocycles. The normalized spacial score (nSPS) is 11.3. The number of rotatable bonds is 4. The molecule has 0 fully saturated rings. The topological polar surface area (TPSA) is 116 Å². The maximum Gasteiger partial charge on any atom is 0.337 e. The van der Waals surface area contributed by atoms with Gasteiger partial charge in [-0.15, -0.1) is 0 Å². The van der Waals surface area contributed by atoms with Crippen LogP contribution in [0.15, 0.2) is 27.2 Å². The molecule has 10 heteroatoms. The molecular formula is C11H9FN2O5S2. The number of hydrogen-bond donors (Lipinski definition) is 3. The van der Waals surface area contributed by atoms with Gasteiger partial charge in [0, 0.05) is 5.69 Å². The van der Waals surface area contributed by atoms with Crippen molar-refractivity contribution in [1.29, 1.82) is 0 Å².